The smallest absolute Gasteiger partial charge is 0.311 e. The first-order valence-electron chi connectivity index (χ1n) is 7.93. The van der Waals surface area contributed by atoms with Crippen molar-refractivity contribution in [3.05, 3.63) is 29.8 Å². The number of nitrogens with two attached hydrogens (primary N) is 1. The van der Waals surface area contributed by atoms with Gasteiger partial charge in [-0.2, -0.15) is 8.42 Å². The molecule has 7 heteroatoms. The van der Waals surface area contributed by atoms with E-state index in [9.17, 15) is 13.2 Å². The molecule has 1 aliphatic rings. The van der Waals surface area contributed by atoms with Crippen LogP contribution in [0.1, 0.15) is 45.6 Å². The number of carbonyl (C=O) groups is 1. The third-order valence-electron chi connectivity index (χ3n) is 3.60. The van der Waals surface area contributed by atoms with Crippen molar-refractivity contribution >= 4 is 16.1 Å². The van der Waals surface area contributed by atoms with E-state index in [4.69, 9.17) is 15.0 Å². The minimum absolute atomic E-state index is 0.00912. The zero-order chi connectivity index (χ0) is 18.5. The van der Waals surface area contributed by atoms with E-state index in [0.29, 0.717) is 0 Å². The summed E-state index contributed by atoms with van der Waals surface area (Å²) < 4.78 is 34.8. The molecule has 6 nitrogen and oxygen atoms in total. The van der Waals surface area contributed by atoms with Crippen LogP contribution in [-0.4, -0.2) is 30.6 Å². The number of rotatable bonds is 2. The lowest BCUT2D eigenvalue weighted by Crippen LogP contribution is -2.35. The topological polar surface area (TPSA) is 107 Å². The molecule has 0 spiro atoms. The summed E-state index contributed by atoms with van der Waals surface area (Å²) in [6, 6.07) is 6.00. The van der Waals surface area contributed by atoms with Gasteiger partial charge in [0.05, 0.1) is 10.8 Å². The molecule has 0 radical (unpaired) electrons. The molecule has 1 aromatic rings. The highest BCUT2D eigenvalue weighted by Crippen LogP contribution is 2.26. The van der Waals surface area contributed by atoms with Crippen molar-refractivity contribution in [1.29, 1.82) is 0 Å². The molecule has 1 fully saturated rings. The monoisotopic (exact) mass is 357 g/mol. The van der Waals surface area contributed by atoms with Gasteiger partial charge in [0.2, 0.25) is 0 Å². The molecule has 0 unspecified atom stereocenters. The van der Waals surface area contributed by atoms with Crippen LogP contribution in [0, 0.1) is 12.8 Å². The first-order chi connectivity index (χ1) is 10.9. The number of benzene rings is 1. The molecule has 3 N–H and O–H groups in total. The molecule has 1 saturated carbocycles. The lowest BCUT2D eigenvalue weighted by Gasteiger charge is -2.23. The lowest BCUT2D eigenvalue weighted by molar-refractivity contribution is -0.160. The molecule has 24 heavy (non-hydrogen) atoms. The highest BCUT2D eigenvalue weighted by atomic mass is 32.2. The molecular formula is C17H27NO5S. The van der Waals surface area contributed by atoms with Crippen LogP contribution >= 0.6 is 0 Å². The minimum atomic E-state index is -4.02. The molecular weight excluding hydrogens is 330 g/mol. The number of aryl methyl sites for hydroxylation is 1. The molecule has 0 amide bonds. The van der Waals surface area contributed by atoms with Crippen molar-refractivity contribution in [2.24, 2.45) is 11.7 Å². The highest BCUT2D eigenvalue weighted by Gasteiger charge is 2.33. The molecule has 1 aromatic carbocycles. The summed E-state index contributed by atoms with van der Waals surface area (Å²) in [7, 11) is -4.02. The van der Waals surface area contributed by atoms with Crippen LogP contribution in [0.4, 0.5) is 0 Å². The molecule has 2 rings (SSSR count). The Labute approximate surface area is 144 Å². The largest absolute Gasteiger partial charge is 0.460 e. The molecule has 136 valence electrons. The van der Waals surface area contributed by atoms with Crippen LogP contribution in [-0.2, 0) is 19.6 Å². The van der Waals surface area contributed by atoms with Crippen molar-refractivity contribution in [2.45, 2.75) is 63.5 Å². The van der Waals surface area contributed by atoms with E-state index in [1.165, 1.54) is 12.1 Å². The Hall–Kier alpha value is -1.44. The van der Waals surface area contributed by atoms with Gasteiger partial charge in [0.1, 0.15) is 5.60 Å². The van der Waals surface area contributed by atoms with Crippen molar-refractivity contribution in [3.63, 3.8) is 0 Å². The quantitative estimate of drug-likeness (QED) is 0.622. The standard InChI is InChI=1S/C10H19NO2.C7H8O3S/c1-10(2,3)13-9(12)7-5-4-6-8(7)11;1-6-2-4-7(5-3-6)11(8,9)10/h7-8H,4-6,11H2,1-3H3;2-5H,1H3,(H,8,9,10)/t7-,8+;/m1./s1. The number of carbonyl (C=O) groups excluding carboxylic acids is 1. The summed E-state index contributed by atoms with van der Waals surface area (Å²) in [5.41, 5.74) is 6.36. The van der Waals surface area contributed by atoms with Crippen LogP contribution in [0.25, 0.3) is 0 Å². The number of esters is 1. The van der Waals surface area contributed by atoms with Gasteiger partial charge in [-0.3, -0.25) is 9.35 Å². The molecule has 0 saturated heterocycles. The molecule has 1 aliphatic carbocycles. The Bertz CT molecular complexity index is 647. The van der Waals surface area contributed by atoms with E-state index in [2.05, 4.69) is 0 Å². The van der Waals surface area contributed by atoms with E-state index in [1.807, 2.05) is 27.7 Å². The summed E-state index contributed by atoms with van der Waals surface area (Å²) >= 11 is 0. The van der Waals surface area contributed by atoms with Crippen molar-refractivity contribution in [1.82, 2.24) is 0 Å². The molecule has 0 bridgehead atoms. The van der Waals surface area contributed by atoms with E-state index in [-0.39, 0.29) is 28.4 Å². The van der Waals surface area contributed by atoms with Crippen LogP contribution in [0.3, 0.4) is 0 Å². The van der Waals surface area contributed by atoms with E-state index >= 15 is 0 Å². The zero-order valence-electron chi connectivity index (χ0n) is 14.7. The Balaban J connectivity index is 0.000000243. The van der Waals surface area contributed by atoms with Crippen LogP contribution < -0.4 is 5.73 Å². The maximum absolute atomic E-state index is 11.6. The second-order valence-corrected chi connectivity index (χ2v) is 8.44. The van der Waals surface area contributed by atoms with Gasteiger partial charge < -0.3 is 10.5 Å². The predicted octanol–water partition coefficient (Wildman–Crippen LogP) is 2.70. The fourth-order valence-electron chi connectivity index (χ4n) is 2.37. The van der Waals surface area contributed by atoms with Gasteiger partial charge >= 0.3 is 5.97 Å². The first kappa shape index (κ1) is 20.6. The van der Waals surface area contributed by atoms with Crippen LogP contribution in [0.5, 0.6) is 0 Å². The number of hydrogen-bond donors (Lipinski definition) is 2. The third-order valence-corrected chi connectivity index (χ3v) is 4.47. The molecule has 2 atom stereocenters. The van der Waals surface area contributed by atoms with E-state index in [1.54, 1.807) is 12.1 Å². The van der Waals surface area contributed by atoms with E-state index in [0.717, 1.165) is 24.8 Å². The van der Waals surface area contributed by atoms with Gasteiger partial charge in [0.25, 0.3) is 10.1 Å². The van der Waals surface area contributed by atoms with Gasteiger partial charge in [0.15, 0.2) is 0 Å². The molecule has 0 aliphatic heterocycles. The van der Waals surface area contributed by atoms with Crippen LogP contribution in [0.2, 0.25) is 0 Å². The Kier molecular flexibility index (Phi) is 6.95. The lowest BCUT2D eigenvalue weighted by atomic mass is 10.0. The van der Waals surface area contributed by atoms with Crippen molar-refractivity contribution in [3.8, 4) is 0 Å². The average Bonchev–Trinajstić information content (AvgIpc) is 2.83. The molecule has 0 heterocycles. The maximum atomic E-state index is 11.6. The van der Waals surface area contributed by atoms with Crippen molar-refractivity contribution in [2.75, 3.05) is 0 Å². The normalized spacial score (nSPS) is 20.9. The summed E-state index contributed by atoms with van der Waals surface area (Å²) in [6.07, 6.45) is 2.88. The Morgan fingerprint density at radius 3 is 2.12 bits per heavy atom. The predicted molar refractivity (Wildman–Crippen MR) is 92.2 cm³/mol. The second-order valence-electron chi connectivity index (χ2n) is 7.02. The molecule has 0 aromatic heterocycles. The Morgan fingerprint density at radius 1 is 1.21 bits per heavy atom. The summed E-state index contributed by atoms with van der Waals surface area (Å²) in [5, 5.41) is 0. The van der Waals surface area contributed by atoms with Gasteiger partial charge in [-0.15, -0.1) is 0 Å². The van der Waals surface area contributed by atoms with Crippen molar-refractivity contribution < 1.29 is 22.5 Å². The zero-order valence-corrected chi connectivity index (χ0v) is 15.5. The number of hydrogen-bond acceptors (Lipinski definition) is 5. The van der Waals surface area contributed by atoms with Crippen LogP contribution in [0.15, 0.2) is 29.2 Å². The third kappa shape index (κ3) is 6.98. The summed E-state index contributed by atoms with van der Waals surface area (Å²) in [6.45, 7) is 7.48. The number of ether oxygens (including phenoxy) is 1. The van der Waals surface area contributed by atoms with Gasteiger partial charge in [0, 0.05) is 6.04 Å². The fraction of sp³-hybridized carbons (Fsp3) is 0.588. The Morgan fingerprint density at radius 2 is 1.75 bits per heavy atom. The second kappa shape index (κ2) is 8.09. The summed E-state index contributed by atoms with van der Waals surface area (Å²) in [5.74, 6) is -0.197. The SMILES string of the molecule is CC(C)(C)OC(=O)[C@@H]1CCC[C@@H]1N.Cc1ccc(S(=O)(=O)O)cc1. The van der Waals surface area contributed by atoms with Gasteiger partial charge in [-0.25, -0.2) is 0 Å². The maximum Gasteiger partial charge on any atom is 0.311 e. The van der Waals surface area contributed by atoms with E-state index < -0.39 is 10.1 Å². The van der Waals surface area contributed by atoms with Gasteiger partial charge in [-0.1, -0.05) is 24.1 Å². The average molecular weight is 357 g/mol. The summed E-state index contributed by atoms with van der Waals surface area (Å²) in [4.78, 5) is 11.5. The van der Waals surface area contributed by atoms with Gasteiger partial charge in [-0.05, 0) is 52.7 Å². The minimum Gasteiger partial charge on any atom is -0.460 e. The fourth-order valence-corrected chi connectivity index (χ4v) is 2.85. The highest BCUT2D eigenvalue weighted by molar-refractivity contribution is 7.85. The first-order valence-corrected chi connectivity index (χ1v) is 9.37.